The minimum atomic E-state index is 0.372. The van der Waals surface area contributed by atoms with Gasteiger partial charge in [0.1, 0.15) is 5.78 Å². The Kier molecular flexibility index (Phi) is 3.61. The maximum Gasteiger partial charge on any atom is 0.130 e. The van der Waals surface area contributed by atoms with E-state index in [4.69, 9.17) is 0 Å². The second kappa shape index (κ2) is 4.53. The van der Waals surface area contributed by atoms with Crippen LogP contribution in [-0.2, 0) is 4.79 Å². The van der Waals surface area contributed by atoms with Gasteiger partial charge in [-0.25, -0.2) is 0 Å². The molecule has 1 heteroatoms. The normalized spacial score (nSPS) is 21.2. The molecule has 0 N–H and O–H groups in total. The first-order chi connectivity index (χ1) is 5.29. The van der Waals surface area contributed by atoms with Crippen LogP contribution in [0.15, 0.2) is 0 Å². The number of rotatable bonds is 2. The zero-order valence-electron chi connectivity index (χ0n) is 7.44. The van der Waals surface area contributed by atoms with Gasteiger partial charge in [-0.3, -0.25) is 0 Å². The molecule has 0 atom stereocenters. The summed E-state index contributed by atoms with van der Waals surface area (Å²) in [6, 6.07) is 0. The largest absolute Gasteiger partial charge is 0.300 e. The molecule has 1 rings (SSSR count). The molecular formula is C10H18O. The van der Waals surface area contributed by atoms with Gasteiger partial charge in [0, 0.05) is 6.42 Å². The van der Waals surface area contributed by atoms with Crippen LogP contribution in [-0.4, -0.2) is 5.78 Å². The molecule has 0 heterocycles. The van der Waals surface area contributed by atoms with Crippen molar-refractivity contribution in [2.24, 2.45) is 5.92 Å². The molecule has 11 heavy (non-hydrogen) atoms. The number of carbonyl (C=O) groups excluding carboxylic acids is 1. The minimum Gasteiger partial charge on any atom is -0.300 e. The Bertz CT molecular complexity index is 121. The van der Waals surface area contributed by atoms with Crippen molar-refractivity contribution in [1.82, 2.24) is 0 Å². The van der Waals surface area contributed by atoms with Crippen molar-refractivity contribution < 1.29 is 4.79 Å². The van der Waals surface area contributed by atoms with Crippen molar-refractivity contribution in [3.05, 3.63) is 0 Å². The molecule has 0 saturated heterocycles. The van der Waals surface area contributed by atoms with Gasteiger partial charge < -0.3 is 4.79 Å². The maximum absolute atomic E-state index is 10.8. The molecule has 0 aromatic carbocycles. The average molecular weight is 154 g/mol. The van der Waals surface area contributed by atoms with Crippen LogP contribution in [0.4, 0.5) is 0 Å². The van der Waals surface area contributed by atoms with E-state index in [-0.39, 0.29) is 0 Å². The topological polar surface area (TPSA) is 17.1 Å². The third-order valence-corrected chi connectivity index (χ3v) is 2.55. The van der Waals surface area contributed by atoms with E-state index >= 15 is 0 Å². The summed E-state index contributed by atoms with van der Waals surface area (Å²) >= 11 is 0. The van der Waals surface area contributed by atoms with Crippen LogP contribution in [0, 0.1) is 5.92 Å². The molecule has 0 amide bonds. The molecule has 0 bridgehead atoms. The highest BCUT2D eigenvalue weighted by molar-refractivity contribution is 5.75. The maximum atomic E-state index is 10.8. The third-order valence-electron chi connectivity index (χ3n) is 2.55. The van der Waals surface area contributed by atoms with E-state index in [1.165, 1.54) is 38.5 Å². The van der Waals surface area contributed by atoms with E-state index in [1.807, 2.05) is 0 Å². The number of hydrogen-bond acceptors (Lipinski definition) is 1. The predicted molar refractivity (Wildman–Crippen MR) is 46.5 cm³/mol. The fourth-order valence-electron chi connectivity index (χ4n) is 1.97. The standard InChI is InChI=1S/C10H18O/c1-9(11)8-10-6-4-2-3-5-7-10/h10H,2-8H2,1H3. The smallest absolute Gasteiger partial charge is 0.130 e. The predicted octanol–water partition coefficient (Wildman–Crippen LogP) is 2.94. The van der Waals surface area contributed by atoms with Gasteiger partial charge in [-0.05, 0) is 12.8 Å². The fourth-order valence-corrected chi connectivity index (χ4v) is 1.97. The van der Waals surface area contributed by atoms with Crippen molar-refractivity contribution in [2.45, 2.75) is 51.9 Å². The molecule has 1 saturated carbocycles. The molecule has 1 aliphatic rings. The molecular weight excluding hydrogens is 136 g/mol. The van der Waals surface area contributed by atoms with Crippen LogP contribution < -0.4 is 0 Å². The third kappa shape index (κ3) is 3.54. The van der Waals surface area contributed by atoms with Gasteiger partial charge in [-0.1, -0.05) is 38.5 Å². The van der Waals surface area contributed by atoms with E-state index in [0.717, 1.165) is 12.3 Å². The van der Waals surface area contributed by atoms with E-state index in [0.29, 0.717) is 5.78 Å². The lowest BCUT2D eigenvalue weighted by Gasteiger charge is -2.10. The molecule has 0 unspecified atom stereocenters. The van der Waals surface area contributed by atoms with Gasteiger partial charge in [0.2, 0.25) is 0 Å². The van der Waals surface area contributed by atoms with Gasteiger partial charge in [0.15, 0.2) is 0 Å². The summed E-state index contributed by atoms with van der Waals surface area (Å²) in [7, 11) is 0. The van der Waals surface area contributed by atoms with E-state index in [1.54, 1.807) is 6.92 Å². The highest BCUT2D eigenvalue weighted by Gasteiger charge is 2.13. The van der Waals surface area contributed by atoms with Gasteiger partial charge in [-0.2, -0.15) is 0 Å². The first-order valence-corrected chi connectivity index (χ1v) is 4.78. The van der Waals surface area contributed by atoms with Crippen LogP contribution in [0.1, 0.15) is 51.9 Å². The van der Waals surface area contributed by atoms with Crippen LogP contribution in [0.25, 0.3) is 0 Å². The van der Waals surface area contributed by atoms with Crippen molar-refractivity contribution in [3.63, 3.8) is 0 Å². The summed E-state index contributed by atoms with van der Waals surface area (Å²) in [4.78, 5) is 10.8. The molecule has 0 aromatic rings. The summed E-state index contributed by atoms with van der Waals surface area (Å²) in [5.41, 5.74) is 0. The van der Waals surface area contributed by atoms with Crippen LogP contribution in [0.3, 0.4) is 0 Å². The Morgan fingerprint density at radius 2 is 1.73 bits per heavy atom. The SMILES string of the molecule is CC(=O)CC1CCCCCC1. The lowest BCUT2D eigenvalue weighted by molar-refractivity contribution is -0.117. The van der Waals surface area contributed by atoms with Crippen LogP contribution >= 0.6 is 0 Å². The van der Waals surface area contributed by atoms with E-state index < -0.39 is 0 Å². The summed E-state index contributed by atoms with van der Waals surface area (Å²) in [6.45, 7) is 1.71. The summed E-state index contributed by atoms with van der Waals surface area (Å²) in [5, 5.41) is 0. The fraction of sp³-hybridized carbons (Fsp3) is 0.900. The second-order valence-corrected chi connectivity index (χ2v) is 3.76. The number of hydrogen-bond donors (Lipinski definition) is 0. The van der Waals surface area contributed by atoms with Crippen LogP contribution in [0.5, 0.6) is 0 Å². The van der Waals surface area contributed by atoms with Gasteiger partial charge >= 0.3 is 0 Å². The van der Waals surface area contributed by atoms with Gasteiger partial charge in [0.05, 0.1) is 0 Å². The Hall–Kier alpha value is -0.330. The second-order valence-electron chi connectivity index (χ2n) is 3.76. The van der Waals surface area contributed by atoms with Crippen molar-refractivity contribution in [2.75, 3.05) is 0 Å². The van der Waals surface area contributed by atoms with Crippen LogP contribution in [0.2, 0.25) is 0 Å². The quantitative estimate of drug-likeness (QED) is 0.559. The molecule has 1 fully saturated rings. The first-order valence-electron chi connectivity index (χ1n) is 4.78. The van der Waals surface area contributed by atoms with Gasteiger partial charge in [-0.15, -0.1) is 0 Å². The zero-order valence-corrected chi connectivity index (χ0v) is 7.44. The summed E-state index contributed by atoms with van der Waals surface area (Å²) in [6.07, 6.45) is 8.87. The van der Waals surface area contributed by atoms with Gasteiger partial charge in [0.25, 0.3) is 0 Å². The Morgan fingerprint density at radius 3 is 2.18 bits per heavy atom. The Morgan fingerprint density at radius 1 is 1.18 bits per heavy atom. The van der Waals surface area contributed by atoms with E-state index in [9.17, 15) is 4.79 Å². The van der Waals surface area contributed by atoms with Crippen molar-refractivity contribution >= 4 is 5.78 Å². The van der Waals surface area contributed by atoms with E-state index in [2.05, 4.69) is 0 Å². The first kappa shape index (κ1) is 8.76. The lowest BCUT2D eigenvalue weighted by Crippen LogP contribution is -2.04. The molecule has 1 nitrogen and oxygen atoms in total. The highest BCUT2D eigenvalue weighted by atomic mass is 16.1. The molecule has 0 aliphatic heterocycles. The molecule has 0 aromatic heterocycles. The van der Waals surface area contributed by atoms with Crippen molar-refractivity contribution in [3.8, 4) is 0 Å². The summed E-state index contributed by atoms with van der Waals surface area (Å²) < 4.78 is 0. The Labute approximate surface area is 69.2 Å². The molecule has 1 aliphatic carbocycles. The lowest BCUT2D eigenvalue weighted by atomic mass is 9.95. The number of carbonyl (C=O) groups is 1. The minimum absolute atomic E-state index is 0.372. The molecule has 0 spiro atoms. The van der Waals surface area contributed by atoms with Crippen molar-refractivity contribution in [1.29, 1.82) is 0 Å². The monoisotopic (exact) mass is 154 g/mol. The Balaban J connectivity index is 2.25. The highest BCUT2D eigenvalue weighted by Crippen LogP contribution is 2.25. The molecule has 64 valence electrons. The molecule has 0 radical (unpaired) electrons. The zero-order chi connectivity index (χ0) is 8.10. The number of ketones is 1. The summed E-state index contributed by atoms with van der Waals surface area (Å²) in [5.74, 6) is 1.09. The number of Topliss-reactive ketones (excluding diaryl/α,β-unsaturated/α-hetero) is 1. The average Bonchev–Trinajstić information content (AvgIpc) is 2.14.